The van der Waals surface area contributed by atoms with Gasteiger partial charge in [0, 0.05) is 42.9 Å². The highest BCUT2D eigenvalue weighted by Gasteiger charge is 2.34. The molecule has 1 aliphatic carbocycles. The summed E-state index contributed by atoms with van der Waals surface area (Å²) in [6.45, 7) is 1.81. The second-order valence-electron chi connectivity index (χ2n) is 10.6. The molecule has 0 bridgehead atoms. The van der Waals surface area contributed by atoms with Gasteiger partial charge in [0.25, 0.3) is 0 Å². The van der Waals surface area contributed by atoms with Crippen LogP contribution in [0.5, 0.6) is 0 Å². The van der Waals surface area contributed by atoms with E-state index in [0.717, 1.165) is 54.8 Å². The Labute approximate surface area is 236 Å². The van der Waals surface area contributed by atoms with Crippen molar-refractivity contribution in [1.29, 1.82) is 0 Å². The molecule has 1 saturated heterocycles. The summed E-state index contributed by atoms with van der Waals surface area (Å²) < 4.78 is 67.2. The molecule has 13 heteroatoms. The number of rotatable bonds is 6. The van der Waals surface area contributed by atoms with Crippen molar-refractivity contribution in [1.82, 2.24) is 25.1 Å². The molecular formula is C28H26F4N6O2S. The van der Waals surface area contributed by atoms with Crippen molar-refractivity contribution < 1.29 is 27.0 Å². The smallest absolute Gasteiger partial charge is 0.380 e. The number of nitrogens with zero attached hydrogens (tertiary/aromatic N) is 5. The first kappa shape index (κ1) is 26.5. The number of benzene rings is 1. The lowest BCUT2D eigenvalue weighted by molar-refractivity contribution is -0.137. The molecule has 0 amide bonds. The number of alkyl halides is 3. The van der Waals surface area contributed by atoms with Crippen molar-refractivity contribution in [3.05, 3.63) is 58.9 Å². The summed E-state index contributed by atoms with van der Waals surface area (Å²) in [6.07, 6.45) is 2.37. The van der Waals surface area contributed by atoms with Gasteiger partial charge in [-0.05, 0) is 55.5 Å². The van der Waals surface area contributed by atoms with E-state index in [-0.39, 0.29) is 23.5 Å². The molecule has 2 aliphatic heterocycles. The number of methoxy groups -OCH3 is 1. The van der Waals surface area contributed by atoms with Gasteiger partial charge in [0.1, 0.15) is 16.6 Å². The second kappa shape index (κ2) is 10.1. The Bertz CT molecular complexity index is 1650. The van der Waals surface area contributed by atoms with E-state index in [1.165, 1.54) is 11.3 Å². The van der Waals surface area contributed by atoms with Gasteiger partial charge < -0.3 is 14.4 Å². The highest BCUT2D eigenvalue weighted by atomic mass is 32.1. The molecule has 2 atom stereocenters. The molecule has 5 heterocycles. The zero-order chi connectivity index (χ0) is 28.3. The Balaban J connectivity index is 1.33. The van der Waals surface area contributed by atoms with Gasteiger partial charge in [0.2, 0.25) is 0 Å². The number of hydrogen-bond donors (Lipinski definition) is 1. The fourth-order valence-corrected chi connectivity index (χ4v) is 6.50. The minimum absolute atomic E-state index is 0.0342. The lowest BCUT2D eigenvalue weighted by Gasteiger charge is -2.22. The van der Waals surface area contributed by atoms with Gasteiger partial charge in [-0.25, -0.2) is 14.4 Å². The second-order valence-corrected chi connectivity index (χ2v) is 11.6. The van der Waals surface area contributed by atoms with Crippen LogP contribution in [-0.4, -0.2) is 58.1 Å². The number of aromatic nitrogens is 5. The van der Waals surface area contributed by atoms with Crippen molar-refractivity contribution in [3.8, 4) is 11.3 Å². The van der Waals surface area contributed by atoms with E-state index in [4.69, 9.17) is 24.4 Å². The largest absolute Gasteiger partial charge is 0.416 e. The standard InChI is InChI=1S/C28H26F4N6O2S/c1-39-17-6-8-38(13-17)27-36-26-24(41-27)23(18-5-4-16(11-20(18)29)28(30,31)32)34-25(35-26)15-7-9-40-21(10-15)19-12-33-37-22(19)14-2-3-14/h4-5,10-12,14,17,21H,2-3,6-9,13H2,1H3,(H,33,37)/t17-,21-/m1/s1. The van der Waals surface area contributed by atoms with Crippen molar-refractivity contribution in [2.45, 2.75) is 50.0 Å². The molecule has 214 valence electrons. The lowest BCUT2D eigenvalue weighted by atomic mass is 10.0. The summed E-state index contributed by atoms with van der Waals surface area (Å²) in [5, 5.41) is 8.01. The van der Waals surface area contributed by atoms with E-state index >= 15 is 4.39 Å². The number of H-pyrrole nitrogens is 1. The van der Waals surface area contributed by atoms with E-state index in [0.29, 0.717) is 52.9 Å². The van der Waals surface area contributed by atoms with Gasteiger partial charge >= 0.3 is 6.18 Å². The fourth-order valence-electron chi connectivity index (χ4n) is 5.46. The maximum atomic E-state index is 15.3. The predicted molar refractivity (Wildman–Crippen MR) is 145 cm³/mol. The van der Waals surface area contributed by atoms with Crippen LogP contribution in [0.2, 0.25) is 0 Å². The number of anilines is 1. The Kier molecular flexibility index (Phi) is 6.55. The van der Waals surface area contributed by atoms with Crippen LogP contribution < -0.4 is 4.90 Å². The van der Waals surface area contributed by atoms with Crippen LogP contribution in [0.4, 0.5) is 22.7 Å². The quantitative estimate of drug-likeness (QED) is 0.266. The minimum Gasteiger partial charge on any atom is -0.380 e. The normalized spacial score (nSPS) is 21.6. The van der Waals surface area contributed by atoms with Gasteiger partial charge in [0.15, 0.2) is 16.6 Å². The summed E-state index contributed by atoms with van der Waals surface area (Å²) in [7, 11) is 1.67. The van der Waals surface area contributed by atoms with Crippen molar-refractivity contribution in [2.24, 2.45) is 0 Å². The van der Waals surface area contributed by atoms with E-state index in [9.17, 15) is 13.2 Å². The SMILES string of the molecule is CO[C@@H]1CCN(c2nc3nc(C4=C[C@H](c5cn[nH]c5C5CC5)OCC4)nc(-c4ccc(C(F)(F)F)cc4F)c3s2)C1. The zero-order valence-electron chi connectivity index (χ0n) is 22.0. The summed E-state index contributed by atoms with van der Waals surface area (Å²) >= 11 is 1.30. The third-order valence-corrected chi connectivity index (χ3v) is 8.96. The van der Waals surface area contributed by atoms with Crippen LogP contribution in [-0.2, 0) is 15.7 Å². The van der Waals surface area contributed by atoms with Crippen LogP contribution in [0.3, 0.4) is 0 Å². The van der Waals surface area contributed by atoms with Crippen LogP contribution in [0.25, 0.3) is 27.2 Å². The highest BCUT2D eigenvalue weighted by Crippen LogP contribution is 2.44. The molecule has 1 saturated carbocycles. The molecule has 2 fully saturated rings. The summed E-state index contributed by atoms with van der Waals surface area (Å²) in [5.74, 6) is -0.203. The number of thiazole rings is 1. The number of hydrogen-bond acceptors (Lipinski definition) is 8. The first-order chi connectivity index (χ1) is 19.8. The molecule has 41 heavy (non-hydrogen) atoms. The third kappa shape index (κ3) is 4.99. The molecular weight excluding hydrogens is 560 g/mol. The zero-order valence-corrected chi connectivity index (χ0v) is 22.9. The van der Waals surface area contributed by atoms with Crippen LogP contribution in [0.15, 0.2) is 30.5 Å². The minimum atomic E-state index is -4.66. The van der Waals surface area contributed by atoms with Crippen molar-refractivity contribution in [3.63, 3.8) is 0 Å². The molecule has 7 rings (SSSR count). The van der Waals surface area contributed by atoms with Gasteiger partial charge in [-0.15, -0.1) is 0 Å². The van der Waals surface area contributed by atoms with Crippen molar-refractivity contribution in [2.75, 3.05) is 31.7 Å². The number of nitrogens with one attached hydrogen (secondary N) is 1. The molecule has 1 aromatic carbocycles. The molecule has 3 aliphatic rings. The van der Waals surface area contributed by atoms with Crippen molar-refractivity contribution >= 4 is 32.4 Å². The summed E-state index contributed by atoms with van der Waals surface area (Å²) in [6, 6.07) is 2.52. The molecule has 0 radical (unpaired) electrons. The molecule has 8 nitrogen and oxygen atoms in total. The number of halogens is 4. The number of fused-ring (bicyclic) bond motifs is 1. The average Bonchev–Trinajstić information content (AvgIpc) is 3.34. The lowest BCUT2D eigenvalue weighted by Crippen LogP contribution is -2.21. The molecule has 0 unspecified atom stereocenters. The molecule has 0 spiro atoms. The fraction of sp³-hybridized carbons (Fsp3) is 0.429. The average molecular weight is 587 g/mol. The van der Waals surface area contributed by atoms with Crippen LogP contribution in [0.1, 0.15) is 60.4 Å². The Hall–Kier alpha value is -3.42. The third-order valence-electron chi connectivity index (χ3n) is 7.84. The summed E-state index contributed by atoms with van der Waals surface area (Å²) in [4.78, 5) is 16.4. The van der Waals surface area contributed by atoms with E-state index < -0.39 is 17.6 Å². The van der Waals surface area contributed by atoms with E-state index in [2.05, 4.69) is 15.1 Å². The van der Waals surface area contributed by atoms with Gasteiger partial charge in [-0.2, -0.15) is 23.3 Å². The first-order valence-corrected chi connectivity index (χ1v) is 14.3. The predicted octanol–water partition coefficient (Wildman–Crippen LogP) is 6.28. The monoisotopic (exact) mass is 586 g/mol. The Morgan fingerprint density at radius 1 is 1.15 bits per heavy atom. The van der Waals surface area contributed by atoms with Gasteiger partial charge in [0.05, 0.1) is 30.2 Å². The highest BCUT2D eigenvalue weighted by molar-refractivity contribution is 7.22. The molecule has 3 aromatic heterocycles. The maximum absolute atomic E-state index is 15.3. The van der Waals surface area contributed by atoms with E-state index in [1.54, 1.807) is 13.3 Å². The number of ether oxygens (including phenoxy) is 2. The topological polar surface area (TPSA) is 89.1 Å². The maximum Gasteiger partial charge on any atom is 0.416 e. The van der Waals surface area contributed by atoms with E-state index in [1.807, 2.05) is 6.08 Å². The molecule has 1 N–H and O–H groups in total. The molecule has 4 aromatic rings. The van der Waals surface area contributed by atoms with Gasteiger partial charge in [-0.1, -0.05) is 11.3 Å². The van der Waals surface area contributed by atoms with Crippen LogP contribution >= 0.6 is 11.3 Å². The Morgan fingerprint density at radius 3 is 2.73 bits per heavy atom. The number of aromatic amines is 1. The van der Waals surface area contributed by atoms with Gasteiger partial charge in [-0.3, -0.25) is 5.10 Å². The summed E-state index contributed by atoms with van der Waals surface area (Å²) in [5.41, 5.74) is 2.34. The first-order valence-electron chi connectivity index (χ1n) is 13.5. The Morgan fingerprint density at radius 2 is 2.00 bits per heavy atom. The van der Waals surface area contributed by atoms with Crippen LogP contribution in [0, 0.1) is 5.82 Å².